The molecule has 0 aliphatic carbocycles. The van der Waals surface area contributed by atoms with Gasteiger partial charge in [0.1, 0.15) is 5.82 Å². The zero-order chi connectivity index (χ0) is 15.1. The monoisotopic (exact) mass is 308 g/mol. The molecule has 0 aliphatic rings. The van der Waals surface area contributed by atoms with Gasteiger partial charge in [0.05, 0.1) is 6.26 Å². The largest absolute Gasteiger partial charge is 0.459 e. The summed E-state index contributed by atoms with van der Waals surface area (Å²) in [4.78, 5) is 23.9. The summed E-state index contributed by atoms with van der Waals surface area (Å²) in [7, 11) is 0. The molecule has 0 atom stereocenters. The molecule has 0 bridgehead atoms. The Morgan fingerprint density at radius 1 is 1.14 bits per heavy atom. The highest BCUT2D eigenvalue weighted by Crippen LogP contribution is 2.18. The molecule has 2 aromatic rings. The second kappa shape index (κ2) is 7.49. The molecule has 2 rings (SSSR count). The molecule has 0 aliphatic heterocycles. The minimum atomic E-state index is -0.514. The molecular weight excluding hydrogens is 295 g/mol. The molecule has 5 nitrogen and oxygen atoms in total. The van der Waals surface area contributed by atoms with Gasteiger partial charge in [-0.1, -0.05) is 0 Å². The molecule has 1 aromatic carbocycles. The van der Waals surface area contributed by atoms with Crippen LogP contribution in [0.25, 0.3) is 0 Å². The summed E-state index contributed by atoms with van der Waals surface area (Å²) < 4.78 is 17.6. The number of nitrogens with one attached hydrogen (secondary N) is 2. The van der Waals surface area contributed by atoms with E-state index in [1.54, 1.807) is 18.2 Å². The normalized spacial score (nSPS) is 10.1. The van der Waals surface area contributed by atoms with Crippen molar-refractivity contribution in [3.63, 3.8) is 0 Å². The Morgan fingerprint density at radius 2 is 1.90 bits per heavy atom. The maximum absolute atomic E-state index is 12.7. The van der Waals surface area contributed by atoms with Gasteiger partial charge in [0.25, 0.3) is 0 Å². The van der Waals surface area contributed by atoms with Crippen molar-refractivity contribution in [2.45, 2.75) is 11.3 Å². The van der Waals surface area contributed by atoms with Crippen LogP contribution in [-0.4, -0.2) is 17.6 Å². The highest BCUT2D eigenvalue weighted by Gasteiger charge is 2.09. The molecule has 0 spiro atoms. The van der Waals surface area contributed by atoms with Crippen molar-refractivity contribution >= 4 is 23.6 Å². The van der Waals surface area contributed by atoms with E-state index in [0.29, 0.717) is 5.75 Å². The third kappa shape index (κ3) is 4.96. The number of hydrogen-bond acceptors (Lipinski definition) is 4. The molecule has 2 amide bonds. The van der Waals surface area contributed by atoms with Crippen molar-refractivity contribution in [1.29, 1.82) is 0 Å². The van der Waals surface area contributed by atoms with Gasteiger partial charge < -0.3 is 4.42 Å². The molecule has 1 aromatic heterocycles. The Bertz CT molecular complexity index is 599. The van der Waals surface area contributed by atoms with Crippen LogP contribution < -0.4 is 10.9 Å². The standard InChI is InChI=1S/C14H13FN2O3S/c15-10-3-5-11(6-4-10)21-9-7-13(18)16-17-14(19)12-2-1-8-20-12/h1-6,8H,7,9H2,(H,16,18)(H,17,19). The fourth-order valence-electron chi connectivity index (χ4n) is 1.45. The van der Waals surface area contributed by atoms with Gasteiger partial charge in [-0.15, -0.1) is 11.8 Å². The molecule has 0 unspecified atom stereocenters. The zero-order valence-corrected chi connectivity index (χ0v) is 11.8. The molecule has 21 heavy (non-hydrogen) atoms. The first-order valence-electron chi connectivity index (χ1n) is 6.16. The van der Waals surface area contributed by atoms with Crippen molar-refractivity contribution in [2.75, 3.05) is 5.75 Å². The van der Waals surface area contributed by atoms with Gasteiger partial charge in [0.15, 0.2) is 5.76 Å². The number of hydrogen-bond donors (Lipinski definition) is 2. The van der Waals surface area contributed by atoms with Crippen LogP contribution in [0.4, 0.5) is 4.39 Å². The minimum Gasteiger partial charge on any atom is -0.459 e. The Kier molecular flexibility index (Phi) is 5.39. The van der Waals surface area contributed by atoms with Gasteiger partial charge in [-0.2, -0.15) is 0 Å². The Morgan fingerprint density at radius 3 is 2.57 bits per heavy atom. The number of carbonyl (C=O) groups is 2. The Labute approximate surface area is 124 Å². The molecular formula is C14H13FN2O3S. The Hall–Kier alpha value is -2.28. The highest BCUT2D eigenvalue weighted by atomic mass is 32.2. The summed E-state index contributed by atoms with van der Waals surface area (Å²) in [5, 5.41) is 0. The van der Waals surface area contributed by atoms with Gasteiger partial charge in [0.2, 0.25) is 5.91 Å². The van der Waals surface area contributed by atoms with Crippen LogP contribution >= 0.6 is 11.8 Å². The van der Waals surface area contributed by atoms with E-state index >= 15 is 0 Å². The van der Waals surface area contributed by atoms with E-state index in [-0.39, 0.29) is 23.9 Å². The van der Waals surface area contributed by atoms with Crippen molar-refractivity contribution < 1.29 is 18.4 Å². The first kappa shape index (κ1) is 15.1. The van der Waals surface area contributed by atoms with Gasteiger partial charge >= 0.3 is 5.91 Å². The van der Waals surface area contributed by atoms with Crippen LogP contribution in [0.1, 0.15) is 17.0 Å². The molecule has 0 fully saturated rings. The van der Waals surface area contributed by atoms with Gasteiger partial charge in [0, 0.05) is 17.1 Å². The minimum absolute atomic E-state index is 0.121. The lowest BCUT2D eigenvalue weighted by atomic mass is 10.4. The topological polar surface area (TPSA) is 71.3 Å². The number of benzene rings is 1. The molecule has 7 heteroatoms. The highest BCUT2D eigenvalue weighted by molar-refractivity contribution is 7.99. The summed E-state index contributed by atoms with van der Waals surface area (Å²) in [6.07, 6.45) is 1.59. The number of rotatable bonds is 5. The zero-order valence-electron chi connectivity index (χ0n) is 11.0. The van der Waals surface area contributed by atoms with Crippen LogP contribution in [0.15, 0.2) is 52.0 Å². The van der Waals surface area contributed by atoms with E-state index < -0.39 is 5.91 Å². The number of carbonyl (C=O) groups excluding carboxylic acids is 2. The SMILES string of the molecule is O=C(CCSc1ccc(F)cc1)NNC(=O)c1ccco1. The lowest BCUT2D eigenvalue weighted by molar-refractivity contribution is -0.121. The van der Waals surface area contributed by atoms with E-state index in [4.69, 9.17) is 4.42 Å². The third-order valence-corrected chi connectivity index (χ3v) is 3.49. The lowest BCUT2D eigenvalue weighted by Gasteiger charge is -2.05. The predicted molar refractivity (Wildman–Crippen MR) is 76.1 cm³/mol. The number of hydrazine groups is 1. The van der Waals surface area contributed by atoms with Crippen LogP contribution in [0.3, 0.4) is 0 Å². The molecule has 0 radical (unpaired) electrons. The lowest BCUT2D eigenvalue weighted by Crippen LogP contribution is -2.41. The van der Waals surface area contributed by atoms with Crippen LogP contribution in [0, 0.1) is 5.82 Å². The number of halogens is 1. The number of furan rings is 1. The van der Waals surface area contributed by atoms with Crippen LogP contribution in [-0.2, 0) is 4.79 Å². The predicted octanol–water partition coefficient (Wildman–Crippen LogP) is 2.36. The average molecular weight is 308 g/mol. The molecule has 0 saturated heterocycles. The smallest absolute Gasteiger partial charge is 0.305 e. The van der Waals surface area contributed by atoms with Gasteiger partial charge in [-0.3, -0.25) is 20.4 Å². The van der Waals surface area contributed by atoms with Gasteiger partial charge in [-0.25, -0.2) is 4.39 Å². The average Bonchev–Trinajstić information content (AvgIpc) is 3.01. The van der Waals surface area contributed by atoms with E-state index in [9.17, 15) is 14.0 Å². The summed E-state index contributed by atoms with van der Waals surface area (Å²) in [5.74, 6) is -0.480. The first-order valence-corrected chi connectivity index (χ1v) is 7.15. The van der Waals surface area contributed by atoms with Crippen LogP contribution in [0.2, 0.25) is 0 Å². The van der Waals surface area contributed by atoms with E-state index in [1.165, 1.54) is 36.2 Å². The second-order valence-corrected chi connectivity index (χ2v) is 5.20. The van der Waals surface area contributed by atoms with E-state index in [0.717, 1.165) is 4.90 Å². The summed E-state index contributed by atoms with van der Waals surface area (Å²) in [6, 6.07) is 9.10. The third-order valence-electron chi connectivity index (χ3n) is 2.47. The van der Waals surface area contributed by atoms with E-state index in [2.05, 4.69) is 10.9 Å². The number of thioether (sulfide) groups is 1. The Balaban J connectivity index is 1.66. The maximum Gasteiger partial charge on any atom is 0.305 e. The molecule has 1 heterocycles. The van der Waals surface area contributed by atoms with E-state index in [1.807, 2.05) is 0 Å². The summed E-state index contributed by atoms with van der Waals surface area (Å²) in [6.45, 7) is 0. The van der Waals surface area contributed by atoms with Crippen molar-refractivity contribution in [3.8, 4) is 0 Å². The van der Waals surface area contributed by atoms with Crippen molar-refractivity contribution in [2.24, 2.45) is 0 Å². The fourth-order valence-corrected chi connectivity index (χ4v) is 2.30. The maximum atomic E-state index is 12.7. The summed E-state index contributed by atoms with van der Waals surface area (Å²) in [5.41, 5.74) is 4.54. The molecule has 0 saturated carbocycles. The second-order valence-electron chi connectivity index (χ2n) is 4.03. The van der Waals surface area contributed by atoms with Crippen molar-refractivity contribution in [3.05, 3.63) is 54.2 Å². The van der Waals surface area contributed by atoms with Gasteiger partial charge in [-0.05, 0) is 36.4 Å². The van der Waals surface area contributed by atoms with Crippen molar-refractivity contribution in [1.82, 2.24) is 10.9 Å². The molecule has 2 N–H and O–H groups in total. The first-order chi connectivity index (χ1) is 10.1. The quantitative estimate of drug-likeness (QED) is 0.657. The molecule has 110 valence electrons. The number of amides is 2. The summed E-state index contributed by atoms with van der Waals surface area (Å²) >= 11 is 1.43. The fraction of sp³-hybridized carbons (Fsp3) is 0.143. The van der Waals surface area contributed by atoms with Crippen LogP contribution in [0.5, 0.6) is 0 Å².